The summed E-state index contributed by atoms with van der Waals surface area (Å²) in [7, 11) is 0. The largest absolute Gasteiger partial charge is 0.480 e. The fourth-order valence-electron chi connectivity index (χ4n) is 5.59. The smallest absolute Gasteiger partial charge is 0.416 e. The summed E-state index contributed by atoms with van der Waals surface area (Å²) in [5.41, 5.74) is 1.64. The molecule has 0 spiro atoms. The van der Waals surface area contributed by atoms with Crippen molar-refractivity contribution in [1.82, 2.24) is 14.9 Å². The van der Waals surface area contributed by atoms with Crippen LogP contribution in [0.25, 0.3) is 10.8 Å². The van der Waals surface area contributed by atoms with Crippen LogP contribution in [0.2, 0.25) is 0 Å². The number of pyridine rings is 2. The maximum absolute atomic E-state index is 13.1. The zero-order valence-electron chi connectivity index (χ0n) is 22.9. The molecule has 11 heteroatoms. The van der Waals surface area contributed by atoms with E-state index in [2.05, 4.69) is 32.7 Å². The highest BCUT2D eigenvalue weighted by Gasteiger charge is 2.31. The normalized spacial score (nSPS) is 18.5. The fraction of sp³-hybridized carbons (Fsp3) is 0.500. The van der Waals surface area contributed by atoms with Gasteiger partial charge >= 0.3 is 12.1 Å². The van der Waals surface area contributed by atoms with Crippen molar-refractivity contribution in [3.8, 4) is 0 Å². The van der Waals surface area contributed by atoms with Crippen molar-refractivity contribution >= 4 is 28.4 Å². The van der Waals surface area contributed by atoms with Crippen LogP contribution in [0.3, 0.4) is 0 Å². The number of anilines is 2. The Morgan fingerprint density at radius 2 is 2.10 bits per heavy atom. The molecule has 1 saturated heterocycles. The first-order valence-electron chi connectivity index (χ1n) is 14.3. The highest BCUT2D eigenvalue weighted by Crippen LogP contribution is 2.33. The number of carboxylic acids is 1. The van der Waals surface area contributed by atoms with Crippen LogP contribution in [0.15, 0.2) is 42.6 Å². The van der Waals surface area contributed by atoms with E-state index in [0.717, 1.165) is 88.3 Å². The van der Waals surface area contributed by atoms with Crippen molar-refractivity contribution in [1.29, 1.82) is 0 Å². The van der Waals surface area contributed by atoms with Gasteiger partial charge in [-0.25, -0.2) is 14.8 Å². The van der Waals surface area contributed by atoms with Gasteiger partial charge in [0.15, 0.2) is 0 Å². The molecule has 0 aliphatic carbocycles. The van der Waals surface area contributed by atoms with Crippen LogP contribution in [0.1, 0.15) is 48.9 Å². The van der Waals surface area contributed by atoms with E-state index in [4.69, 9.17) is 9.72 Å². The maximum atomic E-state index is 13.1. The lowest BCUT2D eigenvalue weighted by molar-refractivity contribution is -0.139. The molecule has 0 unspecified atom stereocenters. The Kier molecular flexibility index (Phi) is 9.24. The van der Waals surface area contributed by atoms with E-state index in [0.29, 0.717) is 10.8 Å². The third-order valence-electron chi connectivity index (χ3n) is 7.78. The number of aliphatic carboxylic acids is 1. The zero-order chi connectivity index (χ0) is 28.8. The zero-order valence-corrected chi connectivity index (χ0v) is 22.9. The van der Waals surface area contributed by atoms with Crippen molar-refractivity contribution in [2.24, 2.45) is 0 Å². The highest BCUT2D eigenvalue weighted by molar-refractivity contribution is 5.93. The van der Waals surface area contributed by atoms with Crippen molar-refractivity contribution in [3.63, 3.8) is 0 Å². The first-order valence-corrected chi connectivity index (χ1v) is 14.3. The number of ether oxygens (including phenoxy) is 1. The number of nitrogens with one attached hydrogen (secondary N) is 2. The Labute approximate surface area is 237 Å². The third-order valence-corrected chi connectivity index (χ3v) is 7.78. The molecule has 0 saturated carbocycles. The Morgan fingerprint density at radius 3 is 2.93 bits per heavy atom. The summed E-state index contributed by atoms with van der Waals surface area (Å²) < 4.78 is 45.4. The SMILES string of the molecule is O=C(O)[C@@H](CCO[C@@H]1CCCN(CCCc2ccc3c(n2)NCCC3)C1)Nc1nccc2cc(C(F)(F)F)ccc12. The Balaban J connectivity index is 1.09. The van der Waals surface area contributed by atoms with E-state index in [1.54, 1.807) is 0 Å². The molecule has 2 atom stereocenters. The maximum Gasteiger partial charge on any atom is 0.416 e. The molecule has 0 bridgehead atoms. The van der Waals surface area contributed by atoms with Crippen LogP contribution in [0.5, 0.6) is 0 Å². The second-order valence-corrected chi connectivity index (χ2v) is 10.8. The second kappa shape index (κ2) is 13.0. The monoisotopic (exact) mass is 571 g/mol. The van der Waals surface area contributed by atoms with E-state index in [1.807, 2.05) is 0 Å². The van der Waals surface area contributed by atoms with Gasteiger partial charge in [0.2, 0.25) is 0 Å². The molecule has 2 aliphatic heterocycles. The first kappa shape index (κ1) is 29.1. The third kappa shape index (κ3) is 7.65. The number of hydrogen-bond acceptors (Lipinski definition) is 7. The van der Waals surface area contributed by atoms with Gasteiger partial charge in [0, 0.05) is 43.4 Å². The fourth-order valence-corrected chi connectivity index (χ4v) is 5.59. The minimum absolute atomic E-state index is 0.0285. The molecule has 1 aromatic carbocycles. The minimum Gasteiger partial charge on any atom is -0.480 e. The highest BCUT2D eigenvalue weighted by atomic mass is 19.4. The van der Waals surface area contributed by atoms with Gasteiger partial charge in [0.1, 0.15) is 17.7 Å². The Morgan fingerprint density at radius 1 is 1.22 bits per heavy atom. The molecule has 3 aromatic rings. The predicted molar refractivity (Wildman–Crippen MR) is 151 cm³/mol. The number of aryl methyl sites for hydroxylation is 2. The molecule has 0 radical (unpaired) electrons. The predicted octanol–water partition coefficient (Wildman–Crippen LogP) is 5.38. The van der Waals surface area contributed by atoms with Gasteiger partial charge < -0.3 is 25.4 Å². The molecule has 8 nitrogen and oxygen atoms in total. The summed E-state index contributed by atoms with van der Waals surface area (Å²) in [6.45, 7) is 4.00. The average Bonchev–Trinajstić information content (AvgIpc) is 2.96. The number of nitrogens with zero attached hydrogens (tertiary/aromatic N) is 3. The Bertz CT molecular complexity index is 1350. The van der Waals surface area contributed by atoms with E-state index in [9.17, 15) is 23.1 Å². The molecule has 4 heterocycles. The van der Waals surface area contributed by atoms with Crippen molar-refractivity contribution in [2.75, 3.05) is 43.4 Å². The van der Waals surface area contributed by atoms with Gasteiger partial charge in [-0.2, -0.15) is 13.2 Å². The number of hydrogen-bond donors (Lipinski definition) is 3. The molecular formula is C30H36F3N5O3. The van der Waals surface area contributed by atoms with Crippen molar-refractivity contribution < 1.29 is 27.8 Å². The Hall–Kier alpha value is -3.44. The van der Waals surface area contributed by atoms with Crippen LogP contribution >= 0.6 is 0 Å². The molecule has 1 fully saturated rings. The lowest BCUT2D eigenvalue weighted by Gasteiger charge is -2.32. The number of fused-ring (bicyclic) bond motifs is 2. The second-order valence-electron chi connectivity index (χ2n) is 10.8. The number of carboxylic acid groups (broad SMARTS) is 1. The number of carbonyl (C=O) groups is 1. The van der Waals surface area contributed by atoms with Gasteiger partial charge in [-0.15, -0.1) is 0 Å². The van der Waals surface area contributed by atoms with Crippen LogP contribution < -0.4 is 10.6 Å². The molecule has 2 aromatic heterocycles. The molecule has 41 heavy (non-hydrogen) atoms. The number of halogens is 3. The van der Waals surface area contributed by atoms with E-state index in [1.165, 1.54) is 23.9 Å². The topological polar surface area (TPSA) is 99.6 Å². The minimum atomic E-state index is -4.46. The van der Waals surface area contributed by atoms with Crippen molar-refractivity contribution in [2.45, 2.75) is 63.3 Å². The molecule has 0 amide bonds. The number of rotatable bonds is 11. The average molecular weight is 572 g/mol. The quantitative estimate of drug-likeness (QED) is 0.282. The summed E-state index contributed by atoms with van der Waals surface area (Å²) in [6, 6.07) is 8.14. The summed E-state index contributed by atoms with van der Waals surface area (Å²) in [5.74, 6) is 0.188. The van der Waals surface area contributed by atoms with Crippen LogP contribution in [0, 0.1) is 0 Å². The number of piperidine rings is 1. The van der Waals surface area contributed by atoms with E-state index < -0.39 is 23.8 Å². The lowest BCUT2D eigenvalue weighted by atomic mass is 10.1. The number of benzene rings is 1. The standard InChI is InChI=1S/C30H36F3N5O3/c31-30(32,33)22-8-10-25-21(18-22)11-14-35-28(25)37-26(29(39)40)12-17-41-24-6-3-16-38(19-24)15-2-5-23-9-7-20-4-1-13-34-27(20)36-23/h7-11,14,18,24,26H,1-6,12-13,15-17,19H2,(H,34,36)(H,35,37)(H,39,40)/t24-,26-/m1/s1. The van der Waals surface area contributed by atoms with Crippen LogP contribution in [0.4, 0.5) is 24.8 Å². The van der Waals surface area contributed by atoms with Gasteiger partial charge in [-0.05, 0) is 86.8 Å². The number of aromatic nitrogens is 2. The van der Waals surface area contributed by atoms with E-state index in [-0.39, 0.29) is 24.9 Å². The van der Waals surface area contributed by atoms with Crippen LogP contribution in [-0.4, -0.2) is 70.9 Å². The van der Waals surface area contributed by atoms with E-state index >= 15 is 0 Å². The lowest BCUT2D eigenvalue weighted by Crippen LogP contribution is -2.41. The first-order chi connectivity index (χ1) is 19.8. The molecule has 3 N–H and O–H groups in total. The van der Waals surface area contributed by atoms with Gasteiger partial charge in [-0.3, -0.25) is 0 Å². The number of alkyl halides is 3. The molecule has 5 rings (SSSR count). The summed E-state index contributed by atoms with van der Waals surface area (Å²) >= 11 is 0. The van der Waals surface area contributed by atoms with Crippen molar-refractivity contribution in [3.05, 3.63) is 59.4 Å². The number of likely N-dealkylation sites (tertiary alicyclic amines) is 1. The molecular weight excluding hydrogens is 535 g/mol. The molecule has 220 valence electrons. The van der Waals surface area contributed by atoms with Gasteiger partial charge in [0.05, 0.1) is 11.7 Å². The molecule has 2 aliphatic rings. The summed E-state index contributed by atoms with van der Waals surface area (Å²) in [6.07, 6.45) is 3.24. The van der Waals surface area contributed by atoms with Gasteiger partial charge in [0.25, 0.3) is 0 Å². The van der Waals surface area contributed by atoms with Crippen LogP contribution in [-0.2, 0) is 28.5 Å². The summed E-state index contributed by atoms with van der Waals surface area (Å²) in [5, 5.41) is 16.8. The van der Waals surface area contributed by atoms with Gasteiger partial charge in [-0.1, -0.05) is 12.1 Å². The summed E-state index contributed by atoms with van der Waals surface area (Å²) in [4.78, 5) is 23.3.